The van der Waals surface area contributed by atoms with E-state index < -0.39 is 27.3 Å². The Morgan fingerprint density at radius 1 is 1.25 bits per heavy atom. The first-order valence-electron chi connectivity index (χ1n) is 4.90. The Labute approximate surface area is 135 Å². The van der Waals surface area contributed by atoms with Gasteiger partial charge < -0.3 is 9.90 Å². The third-order valence-electron chi connectivity index (χ3n) is 2.33. The fraction of sp³-hybridized carbons (Fsp3) is 0. The van der Waals surface area contributed by atoms with Gasteiger partial charge in [-0.2, -0.15) is 8.42 Å². The van der Waals surface area contributed by atoms with Gasteiger partial charge in [-0.15, -0.1) is 0 Å². The number of carbonyl (C=O) groups is 1. The number of aromatic carboxylic acids is 1. The number of carboxylic acid groups (broad SMARTS) is 1. The van der Waals surface area contributed by atoms with Crippen LogP contribution in [0.4, 0.5) is 0 Å². The third-order valence-corrected chi connectivity index (χ3v) is 3.20. The zero-order chi connectivity index (χ0) is 14.2. The summed E-state index contributed by atoms with van der Waals surface area (Å²) in [7, 11) is -4.32. The van der Waals surface area contributed by atoms with Crippen LogP contribution in [0.1, 0.15) is 10.5 Å². The van der Waals surface area contributed by atoms with Crippen molar-refractivity contribution in [2.75, 3.05) is 0 Å². The molecule has 0 atom stereocenters. The van der Waals surface area contributed by atoms with E-state index in [2.05, 4.69) is 5.10 Å². The van der Waals surface area contributed by atoms with Gasteiger partial charge in [0.1, 0.15) is 0 Å². The Morgan fingerprint density at radius 3 is 2.20 bits per heavy atom. The van der Waals surface area contributed by atoms with E-state index >= 15 is 0 Å². The van der Waals surface area contributed by atoms with Crippen molar-refractivity contribution in [3.8, 4) is 5.69 Å². The number of nitrogens with zero attached hydrogens (tertiary/aromatic N) is 1. The maximum atomic E-state index is 11.5. The van der Waals surface area contributed by atoms with Gasteiger partial charge in [0.05, 0.1) is 22.2 Å². The van der Waals surface area contributed by atoms with E-state index in [1.165, 1.54) is 12.1 Å². The molecule has 10 heteroatoms. The number of carboxylic acids is 1. The van der Waals surface area contributed by atoms with E-state index in [1.54, 1.807) is 0 Å². The van der Waals surface area contributed by atoms with Crippen LogP contribution in [0.2, 0.25) is 0 Å². The van der Waals surface area contributed by atoms with Gasteiger partial charge in [0, 0.05) is 6.07 Å². The first-order valence-corrected chi connectivity index (χ1v) is 6.34. The van der Waals surface area contributed by atoms with Crippen molar-refractivity contribution < 1.29 is 52.4 Å². The van der Waals surface area contributed by atoms with Crippen LogP contribution in [0.25, 0.3) is 5.69 Å². The smallest absolute Gasteiger partial charge is 0.543 e. The van der Waals surface area contributed by atoms with Gasteiger partial charge in [-0.25, -0.2) is 4.68 Å². The normalized spacial score (nSPS) is 10.8. The molecule has 1 heterocycles. The molecule has 0 aliphatic heterocycles. The van der Waals surface area contributed by atoms with Crippen LogP contribution >= 0.6 is 0 Å². The predicted octanol–water partition coefficient (Wildman–Crippen LogP) is -4.22. The van der Waals surface area contributed by atoms with Crippen molar-refractivity contribution in [3.05, 3.63) is 46.4 Å². The first-order chi connectivity index (χ1) is 8.79. The minimum Gasteiger partial charge on any atom is -0.543 e. The van der Waals surface area contributed by atoms with Gasteiger partial charge in [-0.05, 0) is 24.3 Å². The monoisotopic (exact) mass is 306 g/mol. The number of hydrogen-bond donors (Lipinski definition) is 2. The second kappa shape index (κ2) is 5.94. The van der Waals surface area contributed by atoms with Crippen LogP contribution in [0, 0.1) is 0 Å². The standard InChI is InChI=1S/C10H8N2O6S.Na/c13-9-5-8(10(14)15)11-12(9)6-1-3-7(4-2-6)19(16,17)18;/h1-5,11H,(H,14,15)(H,16,17,18);/q;+1/p-1. The van der Waals surface area contributed by atoms with Crippen LogP contribution in [-0.2, 0) is 10.1 Å². The molecule has 2 N–H and O–H groups in total. The van der Waals surface area contributed by atoms with Crippen molar-refractivity contribution in [3.63, 3.8) is 0 Å². The number of aromatic amines is 1. The van der Waals surface area contributed by atoms with Crippen molar-refractivity contribution in [1.29, 1.82) is 0 Å². The second-order valence-electron chi connectivity index (χ2n) is 3.60. The summed E-state index contributed by atoms with van der Waals surface area (Å²) in [5.41, 5.74) is -0.826. The molecular formula is C10H7N2NaO6S. The molecular weight excluding hydrogens is 299 g/mol. The first kappa shape index (κ1) is 16.7. The number of rotatable bonds is 3. The zero-order valence-corrected chi connectivity index (χ0v) is 13.0. The van der Waals surface area contributed by atoms with E-state index in [9.17, 15) is 23.1 Å². The largest absolute Gasteiger partial charge is 1.00 e. The van der Waals surface area contributed by atoms with Crippen LogP contribution in [-0.4, -0.2) is 28.7 Å². The maximum absolute atomic E-state index is 11.5. The molecule has 0 saturated carbocycles. The molecule has 0 aliphatic carbocycles. The molecule has 100 valence electrons. The molecule has 0 fully saturated rings. The average Bonchev–Trinajstić information content (AvgIpc) is 2.70. The van der Waals surface area contributed by atoms with E-state index in [0.29, 0.717) is 0 Å². The minimum atomic E-state index is -4.32. The molecule has 0 bridgehead atoms. The molecule has 8 nitrogen and oxygen atoms in total. The number of hydrogen-bond acceptors (Lipinski definition) is 5. The van der Waals surface area contributed by atoms with Gasteiger partial charge in [-0.3, -0.25) is 14.4 Å². The van der Waals surface area contributed by atoms with Crippen molar-refractivity contribution >= 4 is 16.1 Å². The maximum Gasteiger partial charge on any atom is 1.00 e. The average molecular weight is 306 g/mol. The molecule has 2 rings (SSSR count). The van der Waals surface area contributed by atoms with E-state index in [0.717, 1.165) is 22.9 Å². The van der Waals surface area contributed by atoms with E-state index in [-0.39, 0.29) is 40.1 Å². The number of H-pyrrole nitrogens is 1. The summed E-state index contributed by atoms with van der Waals surface area (Å²) in [4.78, 5) is 21.7. The Bertz CT molecular complexity index is 790. The number of nitrogens with one attached hydrogen (secondary N) is 1. The molecule has 0 radical (unpaired) electrons. The quantitative estimate of drug-likeness (QED) is 0.436. The van der Waals surface area contributed by atoms with Crippen molar-refractivity contribution in [1.82, 2.24) is 9.78 Å². The molecule has 0 saturated heterocycles. The molecule has 2 aromatic rings. The number of benzene rings is 1. The summed E-state index contributed by atoms with van der Waals surface area (Å²) < 4.78 is 31.4. The zero-order valence-electron chi connectivity index (χ0n) is 10.2. The number of aromatic nitrogens is 2. The summed E-state index contributed by atoms with van der Waals surface area (Å²) in [5, 5.41) is 12.9. The Morgan fingerprint density at radius 2 is 1.80 bits per heavy atom. The molecule has 0 unspecified atom stereocenters. The van der Waals surface area contributed by atoms with E-state index in [1.807, 2.05) is 0 Å². The van der Waals surface area contributed by atoms with Crippen LogP contribution in [0.3, 0.4) is 0 Å². The second-order valence-corrected chi connectivity index (χ2v) is 5.02. The SMILES string of the molecule is O=C([O-])c1cc(=O)n(-c2ccc(S(=O)(=O)O)cc2)[nH]1.[Na+]. The molecule has 0 aliphatic rings. The Kier molecular flexibility index (Phi) is 4.95. The summed E-state index contributed by atoms with van der Waals surface area (Å²) >= 11 is 0. The van der Waals surface area contributed by atoms with Crippen molar-refractivity contribution in [2.24, 2.45) is 0 Å². The van der Waals surface area contributed by atoms with Crippen molar-refractivity contribution in [2.45, 2.75) is 4.90 Å². The number of carbonyl (C=O) groups excluding carboxylic acids is 1. The molecule has 0 spiro atoms. The van der Waals surface area contributed by atoms with Gasteiger partial charge in [0.2, 0.25) is 0 Å². The minimum absolute atomic E-state index is 0. The molecule has 1 aromatic heterocycles. The summed E-state index contributed by atoms with van der Waals surface area (Å²) in [6.45, 7) is 0. The Balaban J connectivity index is 0.00000200. The van der Waals surface area contributed by atoms with Gasteiger partial charge >= 0.3 is 29.6 Å². The van der Waals surface area contributed by atoms with Gasteiger partial charge in [0.15, 0.2) is 0 Å². The fourth-order valence-electron chi connectivity index (χ4n) is 1.46. The predicted molar refractivity (Wildman–Crippen MR) is 60.5 cm³/mol. The van der Waals surface area contributed by atoms with Gasteiger partial charge in [-0.1, -0.05) is 0 Å². The van der Waals surface area contributed by atoms with Crippen LogP contribution in [0.15, 0.2) is 40.0 Å². The Hall–Kier alpha value is -1.39. The molecule has 1 aromatic carbocycles. The molecule has 0 amide bonds. The fourth-order valence-corrected chi connectivity index (χ4v) is 1.94. The topological polar surface area (TPSA) is 132 Å². The molecule has 20 heavy (non-hydrogen) atoms. The third kappa shape index (κ3) is 3.38. The summed E-state index contributed by atoms with van der Waals surface area (Å²) in [5.74, 6) is -1.54. The summed E-state index contributed by atoms with van der Waals surface area (Å²) in [6, 6.07) is 5.47. The van der Waals surface area contributed by atoms with Crippen LogP contribution < -0.4 is 40.2 Å². The summed E-state index contributed by atoms with van der Waals surface area (Å²) in [6.07, 6.45) is 0. The van der Waals surface area contributed by atoms with Crippen LogP contribution in [0.5, 0.6) is 0 Å². The van der Waals surface area contributed by atoms with E-state index in [4.69, 9.17) is 4.55 Å². The van der Waals surface area contributed by atoms with Gasteiger partial charge in [0.25, 0.3) is 15.7 Å².